The van der Waals surface area contributed by atoms with Crippen LogP contribution in [0, 0.1) is 12.8 Å². The molecule has 2 aliphatic heterocycles. The summed E-state index contributed by atoms with van der Waals surface area (Å²) in [7, 11) is 0. The lowest BCUT2D eigenvalue weighted by atomic mass is 9.95. The van der Waals surface area contributed by atoms with Gasteiger partial charge >= 0.3 is 6.09 Å². The van der Waals surface area contributed by atoms with E-state index in [1.54, 1.807) is 0 Å². The number of anilines is 1. The fourth-order valence-electron chi connectivity index (χ4n) is 4.01. The van der Waals surface area contributed by atoms with Gasteiger partial charge in [-0.2, -0.15) is 0 Å². The van der Waals surface area contributed by atoms with Crippen LogP contribution in [0.1, 0.15) is 18.4 Å². The van der Waals surface area contributed by atoms with Crippen LogP contribution in [-0.4, -0.2) is 49.2 Å². The van der Waals surface area contributed by atoms with Crippen molar-refractivity contribution in [3.63, 3.8) is 0 Å². The number of cyclic esters (lactones) is 1. The third kappa shape index (κ3) is 4.95. The summed E-state index contributed by atoms with van der Waals surface area (Å²) < 4.78 is 5.19. The van der Waals surface area contributed by atoms with Gasteiger partial charge in [-0.3, -0.25) is 9.69 Å². The molecule has 2 amide bonds. The lowest BCUT2D eigenvalue weighted by Gasteiger charge is -2.32. The van der Waals surface area contributed by atoms with E-state index in [0.717, 1.165) is 43.7 Å². The maximum Gasteiger partial charge on any atom is 0.407 e. The maximum atomic E-state index is 12.7. The van der Waals surface area contributed by atoms with Crippen LogP contribution in [0.25, 0.3) is 11.1 Å². The van der Waals surface area contributed by atoms with Crippen molar-refractivity contribution < 1.29 is 14.3 Å². The summed E-state index contributed by atoms with van der Waals surface area (Å²) in [5, 5.41) is 5.74. The van der Waals surface area contributed by atoms with E-state index in [4.69, 9.17) is 4.74 Å². The van der Waals surface area contributed by atoms with E-state index in [1.807, 2.05) is 24.3 Å². The fraction of sp³-hybridized carbons (Fsp3) is 0.391. The highest BCUT2D eigenvalue weighted by Gasteiger charge is 2.29. The van der Waals surface area contributed by atoms with Crippen molar-refractivity contribution in [2.24, 2.45) is 5.92 Å². The summed E-state index contributed by atoms with van der Waals surface area (Å²) in [6, 6.07) is 16.4. The number of aryl methyl sites for hydroxylation is 1. The van der Waals surface area contributed by atoms with Crippen molar-refractivity contribution in [3.05, 3.63) is 54.1 Å². The quantitative estimate of drug-likeness (QED) is 0.817. The number of ether oxygens (including phenoxy) is 1. The number of nitrogens with one attached hydrogen (secondary N) is 2. The van der Waals surface area contributed by atoms with E-state index >= 15 is 0 Å². The molecule has 2 aliphatic rings. The molecule has 2 N–H and O–H groups in total. The fourth-order valence-corrected chi connectivity index (χ4v) is 4.01. The van der Waals surface area contributed by atoms with Crippen molar-refractivity contribution in [2.75, 3.05) is 31.5 Å². The van der Waals surface area contributed by atoms with Gasteiger partial charge in [0, 0.05) is 18.2 Å². The van der Waals surface area contributed by atoms with E-state index < -0.39 is 0 Å². The summed E-state index contributed by atoms with van der Waals surface area (Å²) in [6.45, 7) is 5.07. The highest BCUT2D eigenvalue weighted by Crippen LogP contribution is 2.24. The highest BCUT2D eigenvalue weighted by molar-refractivity contribution is 5.92. The van der Waals surface area contributed by atoms with E-state index in [-0.39, 0.29) is 24.0 Å². The largest absolute Gasteiger partial charge is 0.443 e. The van der Waals surface area contributed by atoms with Crippen LogP contribution >= 0.6 is 0 Å². The molecular weight excluding hydrogens is 366 g/mol. The van der Waals surface area contributed by atoms with Gasteiger partial charge in [-0.25, -0.2) is 4.79 Å². The third-order valence-corrected chi connectivity index (χ3v) is 5.67. The smallest absolute Gasteiger partial charge is 0.407 e. The molecule has 2 aromatic rings. The lowest BCUT2D eigenvalue weighted by Crippen LogP contribution is -2.42. The number of hydrogen-bond acceptors (Lipinski definition) is 4. The third-order valence-electron chi connectivity index (χ3n) is 5.67. The Bertz CT molecular complexity index is 873. The number of alkyl carbamates (subject to hydrolysis) is 1. The minimum atomic E-state index is -0.335. The first-order valence-electron chi connectivity index (χ1n) is 10.2. The molecule has 0 saturated carbocycles. The molecule has 6 heteroatoms. The molecule has 29 heavy (non-hydrogen) atoms. The maximum absolute atomic E-state index is 12.7. The van der Waals surface area contributed by atoms with Gasteiger partial charge in [-0.05, 0) is 56.1 Å². The Balaban J connectivity index is 1.27. The first kappa shape index (κ1) is 19.5. The normalized spacial score (nSPS) is 20.2. The van der Waals surface area contributed by atoms with Gasteiger partial charge in [0.15, 0.2) is 0 Å². The molecule has 0 radical (unpaired) electrons. The number of carbonyl (C=O) groups excluding carboxylic acids is 2. The van der Waals surface area contributed by atoms with E-state index in [2.05, 4.69) is 46.7 Å². The molecule has 0 bridgehead atoms. The monoisotopic (exact) mass is 393 g/mol. The van der Waals surface area contributed by atoms with Crippen LogP contribution < -0.4 is 10.6 Å². The van der Waals surface area contributed by atoms with E-state index in [1.165, 1.54) is 11.1 Å². The standard InChI is InChI=1S/C23H27N3O3/c1-16-3-2-4-19(13-16)17-5-7-20(8-6-17)25-22(27)18-9-11-26(12-10-18)15-21-14-24-23(28)29-21/h2-8,13,18,21H,9-12,14-15H2,1H3,(H,24,28)(H,25,27)/t21-/m1/s1. The molecule has 152 valence electrons. The predicted molar refractivity (Wildman–Crippen MR) is 113 cm³/mol. The van der Waals surface area contributed by atoms with Crippen LogP contribution in [0.4, 0.5) is 10.5 Å². The second-order valence-corrected chi connectivity index (χ2v) is 7.92. The van der Waals surface area contributed by atoms with Gasteiger partial charge < -0.3 is 15.4 Å². The zero-order valence-electron chi connectivity index (χ0n) is 16.7. The van der Waals surface area contributed by atoms with Gasteiger partial charge in [-0.15, -0.1) is 0 Å². The van der Waals surface area contributed by atoms with Gasteiger partial charge in [0.1, 0.15) is 6.10 Å². The van der Waals surface area contributed by atoms with Gasteiger partial charge in [0.05, 0.1) is 6.54 Å². The predicted octanol–water partition coefficient (Wildman–Crippen LogP) is 3.42. The van der Waals surface area contributed by atoms with Crippen LogP contribution in [0.2, 0.25) is 0 Å². The van der Waals surface area contributed by atoms with E-state index in [9.17, 15) is 9.59 Å². The zero-order chi connectivity index (χ0) is 20.2. The second kappa shape index (κ2) is 8.66. The number of benzene rings is 2. The van der Waals surface area contributed by atoms with Crippen molar-refractivity contribution in [3.8, 4) is 11.1 Å². The van der Waals surface area contributed by atoms with Crippen molar-refractivity contribution in [1.82, 2.24) is 10.2 Å². The summed E-state index contributed by atoms with van der Waals surface area (Å²) in [6.07, 6.45) is 1.22. The SMILES string of the molecule is Cc1cccc(-c2ccc(NC(=O)C3CCN(C[C@H]4CNC(=O)O4)CC3)cc2)c1. The van der Waals surface area contributed by atoms with Gasteiger partial charge in [-0.1, -0.05) is 42.0 Å². The molecular formula is C23H27N3O3. The summed E-state index contributed by atoms with van der Waals surface area (Å²) >= 11 is 0. The van der Waals surface area contributed by atoms with Crippen LogP contribution in [0.3, 0.4) is 0 Å². The average Bonchev–Trinajstić information content (AvgIpc) is 3.13. The Hall–Kier alpha value is -2.86. The summed E-state index contributed by atoms with van der Waals surface area (Å²) in [5.74, 6) is 0.105. The number of hydrogen-bond donors (Lipinski definition) is 2. The lowest BCUT2D eigenvalue weighted by molar-refractivity contribution is -0.121. The molecule has 2 saturated heterocycles. The Morgan fingerprint density at radius 1 is 1.14 bits per heavy atom. The zero-order valence-corrected chi connectivity index (χ0v) is 16.7. The molecule has 0 aromatic heterocycles. The van der Waals surface area contributed by atoms with Crippen LogP contribution in [0.5, 0.6) is 0 Å². The second-order valence-electron chi connectivity index (χ2n) is 7.92. The number of carbonyl (C=O) groups is 2. The minimum absolute atomic E-state index is 0.0203. The molecule has 0 aliphatic carbocycles. The first-order valence-corrected chi connectivity index (χ1v) is 10.2. The average molecular weight is 393 g/mol. The van der Waals surface area contributed by atoms with Crippen molar-refractivity contribution in [2.45, 2.75) is 25.9 Å². The number of piperidine rings is 1. The molecule has 2 aromatic carbocycles. The Kier molecular flexibility index (Phi) is 5.81. The molecule has 0 unspecified atom stereocenters. The minimum Gasteiger partial charge on any atom is -0.443 e. The molecule has 0 spiro atoms. The van der Waals surface area contributed by atoms with Crippen molar-refractivity contribution in [1.29, 1.82) is 0 Å². The van der Waals surface area contributed by atoms with E-state index in [0.29, 0.717) is 6.54 Å². The molecule has 4 rings (SSSR count). The molecule has 1 atom stereocenters. The highest BCUT2D eigenvalue weighted by atomic mass is 16.6. The summed E-state index contributed by atoms with van der Waals surface area (Å²) in [5.41, 5.74) is 4.38. The number of likely N-dealkylation sites (tertiary alicyclic amines) is 1. The molecule has 2 heterocycles. The van der Waals surface area contributed by atoms with Gasteiger partial charge in [0.2, 0.25) is 5.91 Å². The topological polar surface area (TPSA) is 70.7 Å². The number of rotatable bonds is 5. The van der Waals surface area contributed by atoms with Crippen molar-refractivity contribution >= 4 is 17.7 Å². The molecule has 6 nitrogen and oxygen atoms in total. The number of amides is 2. The van der Waals surface area contributed by atoms with Gasteiger partial charge in [0.25, 0.3) is 0 Å². The first-order chi connectivity index (χ1) is 14.1. The van der Waals surface area contributed by atoms with Crippen LogP contribution in [-0.2, 0) is 9.53 Å². The molecule has 2 fully saturated rings. The Morgan fingerprint density at radius 3 is 2.55 bits per heavy atom. The van der Waals surface area contributed by atoms with Crippen LogP contribution in [0.15, 0.2) is 48.5 Å². The summed E-state index contributed by atoms with van der Waals surface area (Å²) in [4.78, 5) is 26.0. The number of nitrogens with zero attached hydrogens (tertiary/aromatic N) is 1. The Morgan fingerprint density at radius 2 is 1.90 bits per heavy atom. The Labute approximate surface area is 171 Å².